The first kappa shape index (κ1) is 18.8. The molecule has 5 N–H and O–H groups in total. The van der Waals surface area contributed by atoms with E-state index >= 15 is 0 Å². The summed E-state index contributed by atoms with van der Waals surface area (Å²) >= 11 is 1.15. The normalized spacial score (nSPS) is 30.2. The molecule has 0 radical (unpaired) electrons. The summed E-state index contributed by atoms with van der Waals surface area (Å²) in [7, 11) is 1.42. The van der Waals surface area contributed by atoms with Crippen LogP contribution in [0.5, 0.6) is 0 Å². The van der Waals surface area contributed by atoms with Gasteiger partial charge in [-0.15, -0.1) is 4.91 Å². The summed E-state index contributed by atoms with van der Waals surface area (Å²) in [6.07, 6.45) is -5.51. The Morgan fingerprint density at radius 3 is 2.54 bits per heavy atom. The van der Waals surface area contributed by atoms with Gasteiger partial charge >= 0.3 is 0 Å². The van der Waals surface area contributed by atoms with E-state index in [0.717, 1.165) is 16.3 Å². The van der Waals surface area contributed by atoms with Crippen molar-refractivity contribution in [2.75, 3.05) is 18.2 Å². The molecular formula is C12H18N4O7S. The topological polar surface area (TPSA) is 167 Å². The van der Waals surface area contributed by atoms with Crippen molar-refractivity contribution in [3.8, 4) is 0 Å². The number of aliphatic hydroxyl groups is 4. The Balaban J connectivity index is 2.38. The third-order valence-corrected chi connectivity index (χ3v) is 4.40. The number of nitrogens with zero attached hydrogens (tertiary/aromatic N) is 3. The molecule has 1 fully saturated rings. The third-order valence-electron chi connectivity index (χ3n) is 3.67. The Bertz CT molecular complexity index is 668. The molecule has 24 heavy (non-hydrogen) atoms. The molecule has 2 heterocycles. The van der Waals surface area contributed by atoms with Crippen molar-refractivity contribution in [2.24, 2.45) is 12.2 Å². The first-order chi connectivity index (χ1) is 11.3. The molecule has 1 aromatic heterocycles. The van der Waals surface area contributed by atoms with E-state index in [1.165, 1.54) is 7.05 Å². The lowest BCUT2D eigenvalue weighted by Crippen LogP contribution is -2.60. The molecule has 1 saturated heterocycles. The van der Waals surface area contributed by atoms with Crippen molar-refractivity contribution in [1.29, 1.82) is 0 Å². The fourth-order valence-corrected chi connectivity index (χ4v) is 2.83. The number of aromatic nitrogens is 2. The van der Waals surface area contributed by atoms with Gasteiger partial charge in [-0.05, 0) is 11.4 Å². The molecule has 12 heteroatoms. The molecule has 134 valence electrons. The molecule has 11 nitrogen and oxygen atoms in total. The number of rotatable bonds is 5. The molecule has 2 rings (SSSR count). The summed E-state index contributed by atoms with van der Waals surface area (Å²) < 4.78 is 6.40. The van der Waals surface area contributed by atoms with Crippen LogP contribution in [0.25, 0.3) is 0 Å². The predicted octanol–water partition coefficient (Wildman–Crippen LogP) is -1.89. The fraction of sp³-hybridized carbons (Fsp3) is 0.667. The molecule has 5 atom stereocenters. The second kappa shape index (κ2) is 7.55. The van der Waals surface area contributed by atoms with Crippen molar-refractivity contribution in [3.05, 3.63) is 15.3 Å². The first-order valence-electron chi connectivity index (χ1n) is 6.91. The summed E-state index contributed by atoms with van der Waals surface area (Å²) in [6, 6.07) is 0. The number of nitroso groups, excluding NO2 is 1. The Labute approximate surface area is 140 Å². The van der Waals surface area contributed by atoms with Crippen molar-refractivity contribution < 1.29 is 25.2 Å². The smallest absolute Gasteiger partial charge is 0.285 e. The molecule has 0 bridgehead atoms. The van der Waals surface area contributed by atoms with Crippen molar-refractivity contribution in [2.45, 2.75) is 35.8 Å². The second-order valence-corrected chi connectivity index (χ2v) is 5.92. The van der Waals surface area contributed by atoms with Gasteiger partial charge in [0.2, 0.25) is 5.69 Å². The quantitative estimate of drug-likeness (QED) is 0.227. The van der Waals surface area contributed by atoms with E-state index in [9.17, 15) is 25.0 Å². The van der Waals surface area contributed by atoms with Crippen LogP contribution < -0.4 is 10.9 Å². The Morgan fingerprint density at radius 2 is 2.00 bits per heavy atom. The summed E-state index contributed by atoms with van der Waals surface area (Å²) in [5, 5.41) is 44.1. The summed E-state index contributed by atoms with van der Waals surface area (Å²) in [5.41, 5.74) is -1.22. The van der Waals surface area contributed by atoms with E-state index in [1.807, 2.05) is 0 Å². The highest BCUT2D eigenvalue weighted by Crippen LogP contribution is 2.26. The molecular weight excluding hydrogens is 344 g/mol. The van der Waals surface area contributed by atoms with Gasteiger partial charge in [0.1, 0.15) is 24.4 Å². The van der Waals surface area contributed by atoms with Crippen molar-refractivity contribution in [1.82, 2.24) is 9.55 Å². The first-order valence-corrected chi connectivity index (χ1v) is 8.13. The van der Waals surface area contributed by atoms with Gasteiger partial charge in [0.05, 0.1) is 6.61 Å². The average Bonchev–Trinajstić information content (AvgIpc) is 2.58. The lowest BCUT2D eigenvalue weighted by atomic mass is 9.98. The van der Waals surface area contributed by atoms with Gasteiger partial charge in [-0.25, -0.2) is 4.98 Å². The van der Waals surface area contributed by atoms with Gasteiger partial charge < -0.3 is 30.5 Å². The molecule has 0 amide bonds. The highest BCUT2D eigenvalue weighted by atomic mass is 32.2. The average molecular weight is 362 g/mol. The molecule has 0 saturated carbocycles. The van der Waals surface area contributed by atoms with Crippen LogP contribution in [0.4, 0.5) is 11.5 Å². The van der Waals surface area contributed by atoms with Gasteiger partial charge in [0.25, 0.3) is 5.56 Å². The zero-order valence-electron chi connectivity index (χ0n) is 12.9. The van der Waals surface area contributed by atoms with E-state index in [2.05, 4.69) is 15.5 Å². The standard InChI is InChI=1S/C12H18N4O7S/c1-16-11(21)5(15-22)9(14-12(16)24-2)13-10-8(20)7(19)6(18)4(3-17)23-10/h4,6-8,10,13,17-20H,3H2,1-2H3/t4-,6-,7+,8-,10-/m1/s1. The monoisotopic (exact) mass is 362 g/mol. The van der Waals surface area contributed by atoms with Gasteiger partial charge in [-0.1, -0.05) is 11.8 Å². The number of hydrogen-bond donors (Lipinski definition) is 5. The lowest BCUT2D eigenvalue weighted by molar-refractivity contribution is -0.221. The van der Waals surface area contributed by atoms with Crippen LogP contribution in [0.2, 0.25) is 0 Å². The maximum Gasteiger partial charge on any atom is 0.285 e. The van der Waals surface area contributed by atoms with E-state index in [0.29, 0.717) is 0 Å². The Kier molecular flexibility index (Phi) is 5.90. The van der Waals surface area contributed by atoms with E-state index in [4.69, 9.17) is 9.84 Å². The van der Waals surface area contributed by atoms with Crippen molar-refractivity contribution in [3.63, 3.8) is 0 Å². The summed E-state index contributed by atoms with van der Waals surface area (Å²) in [4.78, 5) is 27.2. The molecule has 1 aromatic rings. The summed E-state index contributed by atoms with van der Waals surface area (Å²) in [6.45, 7) is -0.609. The van der Waals surface area contributed by atoms with E-state index in [1.54, 1.807) is 6.26 Å². The molecule has 0 spiro atoms. The van der Waals surface area contributed by atoms with Gasteiger partial charge in [-0.2, -0.15) is 0 Å². The number of anilines is 1. The zero-order valence-corrected chi connectivity index (χ0v) is 13.7. The number of thioether (sulfide) groups is 1. The molecule has 0 aliphatic carbocycles. The number of ether oxygens (including phenoxy) is 1. The number of aliphatic hydroxyl groups excluding tert-OH is 4. The lowest BCUT2D eigenvalue weighted by Gasteiger charge is -2.40. The largest absolute Gasteiger partial charge is 0.394 e. The number of nitrogens with one attached hydrogen (secondary N) is 1. The number of hydrogen-bond acceptors (Lipinski definition) is 11. The third kappa shape index (κ3) is 3.29. The molecule has 1 aliphatic rings. The second-order valence-electron chi connectivity index (χ2n) is 5.14. The minimum absolute atomic E-state index is 0.234. The highest BCUT2D eigenvalue weighted by Gasteiger charge is 2.44. The van der Waals surface area contributed by atoms with E-state index in [-0.39, 0.29) is 11.0 Å². The van der Waals surface area contributed by atoms with Crippen LogP contribution in [0.1, 0.15) is 0 Å². The van der Waals surface area contributed by atoms with Crippen molar-refractivity contribution >= 4 is 23.3 Å². The predicted molar refractivity (Wildman–Crippen MR) is 84.1 cm³/mol. The van der Waals surface area contributed by atoms with E-state index < -0.39 is 48.5 Å². The van der Waals surface area contributed by atoms with Crippen LogP contribution in [-0.4, -0.2) is 73.5 Å². The highest BCUT2D eigenvalue weighted by molar-refractivity contribution is 7.98. The van der Waals surface area contributed by atoms with Gasteiger partial charge in [0.15, 0.2) is 17.2 Å². The van der Waals surface area contributed by atoms with Crippen LogP contribution in [-0.2, 0) is 11.8 Å². The van der Waals surface area contributed by atoms with Crippen LogP contribution in [0.15, 0.2) is 15.1 Å². The molecule has 0 unspecified atom stereocenters. The molecule has 0 aromatic carbocycles. The SMILES string of the molecule is CSc1nc(N[C@@H]2O[C@H](CO)[C@@H](O)[C@H](O)[C@H]2O)c(N=O)c(=O)n1C. The maximum atomic E-state index is 12.1. The Hall–Kier alpha value is -1.57. The minimum Gasteiger partial charge on any atom is -0.394 e. The van der Waals surface area contributed by atoms with Gasteiger partial charge in [-0.3, -0.25) is 9.36 Å². The van der Waals surface area contributed by atoms with Gasteiger partial charge in [0, 0.05) is 7.05 Å². The minimum atomic E-state index is -1.60. The summed E-state index contributed by atoms with van der Waals surface area (Å²) in [5.74, 6) is -0.234. The zero-order chi connectivity index (χ0) is 18.0. The van der Waals surface area contributed by atoms with Crippen LogP contribution in [0, 0.1) is 4.91 Å². The maximum absolute atomic E-state index is 12.1. The fourth-order valence-electron chi connectivity index (χ4n) is 2.29. The molecule has 1 aliphatic heterocycles. The van der Waals surface area contributed by atoms with Crippen LogP contribution in [0.3, 0.4) is 0 Å². The van der Waals surface area contributed by atoms with Crippen LogP contribution >= 0.6 is 11.8 Å². The Morgan fingerprint density at radius 1 is 1.33 bits per heavy atom.